The van der Waals surface area contributed by atoms with Crippen LogP contribution < -0.4 is 0 Å². The van der Waals surface area contributed by atoms with Crippen LogP contribution in [0.4, 0.5) is 0 Å². The van der Waals surface area contributed by atoms with Crippen molar-refractivity contribution in [2.24, 2.45) is 5.41 Å². The van der Waals surface area contributed by atoms with Gasteiger partial charge >= 0.3 is 0 Å². The highest BCUT2D eigenvalue weighted by Gasteiger charge is 2.30. The summed E-state index contributed by atoms with van der Waals surface area (Å²) in [5, 5.41) is 0.0999. The third kappa shape index (κ3) is 3.40. The Morgan fingerprint density at radius 3 is 2.11 bits per heavy atom. The maximum Gasteiger partial charge on any atom is 0.161 e. The van der Waals surface area contributed by atoms with Crippen LogP contribution in [0.3, 0.4) is 0 Å². The Morgan fingerprint density at radius 2 is 1.78 bits per heavy atom. The first-order valence-corrected chi connectivity index (χ1v) is 6.36. The smallest absolute Gasteiger partial charge is 0.161 e. The number of aromatic nitrogens is 2. The summed E-state index contributed by atoms with van der Waals surface area (Å²) in [6.07, 6.45) is 0.208. The quantitative estimate of drug-likeness (QED) is 0.626. The first kappa shape index (κ1) is 15.3. The number of rotatable bonds is 4. The molecule has 100 valence electrons. The molecule has 1 unspecified atom stereocenters. The molecule has 1 atom stereocenters. The average molecular weight is 291 g/mol. The minimum Gasteiger partial charge on any atom is -0.370 e. The molecule has 0 aromatic carbocycles. The van der Waals surface area contributed by atoms with Gasteiger partial charge in [0, 0.05) is 6.61 Å². The summed E-state index contributed by atoms with van der Waals surface area (Å²) < 4.78 is 5.65. The summed E-state index contributed by atoms with van der Waals surface area (Å²) in [5.74, 6) is 0.393. The Morgan fingerprint density at radius 1 is 1.28 bits per heavy atom. The van der Waals surface area contributed by atoms with Crippen LogP contribution >= 0.6 is 23.2 Å². The summed E-state index contributed by atoms with van der Waals surface area (Å²) in [6, 6.07) is 0. The number of hydrogen-bond acceptors (Lipinski definition) is 4. The van der Waals surface area contributed by atoms with E-state index in [0.717, 1.165) is 0 Å². The lowest BCUT2D eigenvalue weighted by Crippen LogP contribution is -2.24. The van der Waals surface area contributed by atoms with Gasteiger partial charge in [-0.2, -0.15) is 0 Å². The third-order valence-electron chi connectivity index (χ3n) is 2.34. The molecule has 6 heteroatoms. The largest absolute Gasteiger partial charge is 0.370 e. The Kier molecular flexibility index (Phi) is 5.08. The molecule has 1 heterocycles. The van der Waals surface area contributed by atoms with Gasteiger partial charge in [0.2, 0.25) is 0 Å². The first-order valence-electron chi connectivity index (χ1n) is 5.61. The van der Waals surface area contributed by atoms with E-state index in [2.05, 4.69) is 9.97 Å². The minimum atomic E-state index is -0.335. The number of ether oxygens (including phenoxy) is 1. The topological polar surface area (TPSA) is 52.1 Å². The highest BCUT2D eigenvalue weighted by molar-refractivity contribution is 6.36. The number of aldehydes is 1. The fourth-order valence-corrected chi connectivity index (χ4v) is 2.01. The van der Waals surface area contributed by atoms with Crippen LogP contribution in [0.1, 0.15) is 50.0 Å². The maximum atomic E-state index is 10.8. The summed E-state index contributed by atoms with van der Waals surface area (Å²) in [6.45, 7) is 8.43. The highest BCUT2D eigenvalue weighted by atomic mass is 35.5. The lowest BCUT2D eigenvalue weighted by atomic mass is 9.88. The molecule has 0 radical (unpaired) electrons. The van der Waals surface area contributed by atoms with Gasteiger partial charge in [-0.25, -0.2) is 9.97 Å². The number of carbonyl (C=O) groups is 1. The van der Waals surface area contributed by atoms with Crippen LogP contribution in [0.2, 0.25) is 10.3 Å². The van der Waals surface area contributed by atoms with Gasteiger partial charge in [0.15, 0.2) is 12.1 Å². The molecule has 0 saturated heterocycles. The molecule has 0 fully saturated rings. The van der Waals surface area contributed by atoms with Gasteiger partial charge in [-0.1, -0.05) is 44.0 Å². The molecule has 0 aliphatic rings. The van der Waals surface area contributed by atoms with Crippen molar-refractivity contribution in [3.63, 3.8) is 0 Å². The molecule has 0 aliphatic carbocycles. The van der Waals surface area contributed by atoms with E-state index in [1.165, 1.54) is 0 Å². The van der Waals surface area contributed by atoms with Crippen LogP contribution in [-0.4, -0.2) is 22.9 Å². The van der Waals surface area contributed by atoms with Crippen molar-refractivity contribution in [3.05, 3.63) is 21.7 Å². The van der Waals surface area contributed by atoms with Crippen LogP contribution in [-0.2, 0) is 4.74 Å². The lowest BCUT2D eigenvalue weighted by molar-refractivity contribution is -0.0191. The molecule has 0 amide bonds. The van der Waals surface area contributed by atoms with E-state index in [4.69, 9.17) is 27.9 Å². The van der Waals surface area contributed by atoms with Crippen molar-refractivity contribution in [3.8, 4) is 0 Å². The monoisotopic (exact) mass is 290 g/mol. The second kappa shape index (κ2) is 5.95. The standard InChI is InChI=1S/C12H16Cl2N2O2/c1-5-18-8(12(2,3)4)11-15-9(13)7(6-17)10(14)16-11/h6,8H,5H2,1-4H3. The Bertz CT molecular complexity index is 421. The number of hydrogen-bond donors (Lipinski definition) is 0. The molecular formula is C12H16Cl2N2O2. The van der Waals surface area contributed by atoms with Crippen LogP contribution in [0, 0.1) is 5.41 Å². The van der Waals surface area contributed by atoms with Crippen molar-refractivity contribution in [2.75, 3.05) is 6.61 Å². The Balaban J connectivity index is 3.26. The SMILES string of the molecule is CCOC(c1nc(Cl)c(C=O)c(Cl)n1)C(C)(C)C. The molecule has 4 nitrogen and oxygen atoms in total. The summed E-state index contributed by atoms with van der Waals surface area (Å²) in [7, 11) is 0. The third-order valence-corrected chi connectivity index (χ3v) is 2.92. The minimum absolute atomic E-state index is 0.0500. The Hall–Kier alpha value is -0.710. The van der Waals surface area contributed by atoms with Crippen molar-refractivity contribution in [1.29, 1.82) is 0 Å². The van der Waals surface area contributed by atoms with Gasteiger partial charge in [-0.15, -0.1) is 0 Å². The van der Waals surface area contributed by atoms with Gasteiger partial charge in [0.1, 0.15) is 16.4 Å². The molecular weight excluding hydrogens is 275 g/mol. The maximum absolute atomic E-state index is 10.8. The van der Waals surface area contributed by atoms with E-state index >= 15 is 0 Å². The molecule has 0 saturated carbocycles. The fraction of sp³-hybridized carbons (Fsp3) is 0.583. The van der Waals surface area contributed by atoms with E-state index in [1.807, 2.05) is 27.7 Å². The van der Waals surface area contributed by atoms with Gasteiger partial charge in [-0.3, -0.25) is 4.79 Å². The van der Waals surface area contributed by atoms with Gasteiger partial charge in [-0.05, 0) is 12.3 Å². The van der Waals surface area contributed by atoms with Crippen molar-refractivity contribution in [1.82, 2.24) is 9.97 Å². The molecule has 1 rings (SSSR count). The molecule has 0 bridgehead atoms. The highest BCUT2D eigenvalue weighted by Crippen LogP contribution is 2.35. The number of nitrogens with zero attached hydrogens (tertiary/aromatic N) is 2. The van der Waals surface area contributed by atoms with Crippen molar-refractivity contribution >= 4 is 29.5 Å². The summed E-state index contributed by atoms with van der Waals surface area (Å²) in [4.78, 5) is 19.0. The molecule has 1 aromatic rings. The van der Waals surface area contributed by atoms with E-state index in [0.29, 0.717) is 18.7 Å². The van der Waals surface area contributed by atoms with Crippen LogP contribution in [0.5, 0.6) is 0 Å². The normalized spacial score (nSPS) is 13.4. The fourth-order valence-electron chi connectivity index (χ4n) is 1.52. The predicted molar refractivity (Wildman–Crippen MR) is 71.3 cm³/mol. The van der Waals surface area contributed by atoms with Gasteiger partial charge in [0.05, 0.1) is 5.56 Å². The zero-order valence-electron chi connectivity index (χ0n) is 10.8. The summed E-state index contributed by atoms with van der Waals surface area (Å²) >= 11 is 11.8. The number of halogens is 2. The first-order chi connectivity index (χ1) is 8.31. The second-order valence-electron chi connectivity index (χ2n) is 4.90. The van der Waals surface area contributed by atoms with E-state index in [-0.39, 0.29) is 27.4 Å². The molecule has 0 N–H and O–H groups in total. The molecule has 1 aromatic heterocycles. The molecule has 0 spiro atoms. The van der Waals surface area contributed by atoms with Crippen molar-refractivity contribution < 1.29 is 9.53 Å². The van der Waals surface area contributed by atoms with Gasteiger partial charge < -0.3 is 4.74 Å². The van der Waals surface area contributed by atoms with Gasteiger partial charge in [0.25, 0.3) is 0 Å². The zero-order valence-corrected chi connectivity index (χ0v) is 12.3. The molecule has 18 heavy (non-hydrogen) atoms. The average Bonchev–Trinajstić information content (AvgIpc) is 2.23. The van der Waals surface area contributed by atoms with E-state index < -0.39 is 0 Å². The van der Waals surface area contributed by atoms with Crippen LogP contribution in [0.15, 0.2) is 0 Å². The van der Waals surface area contributed by atoms with E-state index in [9.17, 15) is 4.79 Å². The Labute approximate surface area is 117 Å². The zero-order chi connectivity index (χ0) is 13.9. The van der Waals surface area contributed by atoms with Crippen LogP contribution in [0.25, 0.3) is 0 Å². The number of carbonyl (C=O) groups excluding carboxylic acids is 1. The lowest BCUT2D eigenvalue weighted by Gasteiger charge is -2.29. The predicted octanol–water partition coefficient (Wildman–Crippen LogP) is 3.72. The van der Waals surface area contributed by atoms with Crippen molar-refractivity contribution in [2.45, 2.75) is 33.8 Å². The molecule has 0 aliphatic heterocycles. The summed E-state index contributed by atoms with van der Waals surface area (Å²) in [5.41, 5.74) is -0.100. The van der Waals surface area contributed by atoms with E-state index in [1.54, 1.807) is 0 Å². The second-order valence-corrected chi connectivity index (χ2v) is 5.61.